The van der Waals surface area contributed by atoms with E-state index in [0.717, 1.165) is 18.9 Å². The number of pyridine rings is 1. The van der Waals surface area contributed by atoms with Gasteiger partial charge in [0.1, 0.15) is 5.69 Å². The molecule has 0 amide bonds. The molecule has 0 saturated heterocycles. The highest BCUT2D eigenvalue weighted by Gasteiger charge is 2.43. The zero-order valence-corrected chi connectivity index (χ0v) is 7.80. The Labute approximate surface area is 85.3 Å². The predicted octanol–water partition coefficient (Wildman–Crippen LogP) is 2.77. The molecule has 0 bridgehead atoms. The Morgan fingerprint density at radius 1 is 1.33 bits per heavy atom. The summed E-state index contributed by atoms with van der Waals surface area (Å²) in [5.74, 6) is 2.61. The van der Waals surface area contributed by atoms with Gasteiger partial charge in [0.25, 0.3) is 0 Å². The van der Waals surface area contributed by atoms with Crippen molar-refractivity contribution >= 4 is 0 Å². The quantitative estimate of drug-likeness (QED) is 0.651. The van der Waals surface area contributed by atoms with E-state index in [9.17, 15) is 13.2 Å². The number of hydrogen-bond donors (Lipinski definition) is 0. The molecule has 0 aromatic carbocycles. The van der Waals surface area contributed by atoms with E-state index in [1.165, 1.54) is 12.3 Å². The van der Waals surface area contributed by atoms with Crippen LogP contribution in [0.3, 0.4) is 0 Å². The van der Waals surface area contributed by atoms with Crippen molar-refractivity contribution in [2.75, 3.05) is 0 Å². The molecule has 2 rings (SSSR count). The highest BCUT2D eigenvalue weighted by molar-refractivity contribution is 5.39. The van der Waals surface area contributed by atoms with Gasteiger partial charge in [-0.2, -0.15) is 13.2 Å². The van der Waals surface area contributed by atoms with Gasteiger partial charge in [0.15, 0.2) is 0 Å². The lowest BCUT2D eigenvalue weighted by atomic mass is 9.99. The molecule has 0 N–H and O–H groups in total. The minimum absolute atomic E-state index is 0.350. The van der Waals surface area contributed by atoms with Gasteiger partial charge in [-0.25, -0.2) is 0 Å². The van der Waals surface area contributed by atoms with E-state index in [1.54, 1.807) is 0 Å². The molecule has 1 aromatic heterocycles. The highest BCUT2D eigenvalue weighted by Crippen LogP contribution is 2.47. The number of nitrogens with zero attached hydrogens (tertiary/aromatic N) is 1. The summed E-state index contributed by atoms with van der Waals surface area (Å²) in [6.45, 7) is 0. The standard InChI is InChI=1S/C11H8F3N/c1-2-10(5-6-10)8-3-4-9(15-7-8)11(12,13)14/h1,3-4,7H,5-6H2. The maximum Gasteiger partial charge on any atom is 0.433 e. The summed E-state index contributed by atoms with van der Waals surface area (Å²) in [5, 5.41) is 0. The Hall–Kier alpha value is -1.50. The van der Waals surface area contributed by atoms with Gasteiger partial charge < -0.3 is 0 Å². The van der Waals surface area contributed by atoms with E-state index in [1.807, 2.05) is 0 Å². The van der Waals surface area contributed by atoms with Crippen molar-refractivity contribution in [2.45, 2.75) is 24.4 Å². The number of rotatable bonds is 1. The average Bonchev–Trinajstić information content (AvgIpc) is 2.97. The van der Waals surface area contributed by atoms with E-state index < -0.39 is 11.9 Å². The first-order valence-electron chi connectivity index (χ1n) is 4.49. The maximum absolute atomic E-state index is 12.2. The molecule has 1 aliphatic carbocycles. The molecule has 0 aliphatic heterocycles. The smallest absolute Gasteiger partial charge is 0.251 e. The molecular formula is C11H8F3N. The van der Waals surface area contributed by atoms with Crippen molar-refractivity contribution in [1.29, 1.82) is 0 Å². The predicted molar refractivity (Wildman–Crippen MR) is 49.0 cm³/mol. The van der Waals surface area contributed by atoms with Crippen LogP contribution in [0.5, 0.6) is 0 Å². The fraction of sp³-hybridized carbons (Fsp3) is 0.364. The normalized spacial score (nSPS) is 18.3. The second-order valence-corrected chi connectivity index (χ2v) is 3.66. The maximum atomic E-state index is 12.2. The second-order valence-electron chi connectivity index (χ2n) is 3.66. The van der Waals surface area contributed by atoms with Gasteiger partial charge in [-0.3, -0.25) is 4.98 Å². The molecule has 1 aliphatic rings. The van der Waals surface area contributed by atoms with E-state index in [2.05, 4.69) is 10.9 Å². The van der Waals surface area contributed by atoms with E-state index in [0.29, 0.717) is 5.56 Å². The minimum atomic E-state index is -4.38. The third-order valence-electron chi connectivity index (χ3n) is 2.63. The lowest BCUT2D eigenvalue weighted by Crippen LogP contribution is -2.10. The molecule has 0 unspecified atom stereocenters. The van der Waals surface area contributed by atoms with Crippen LogP contribution in [0.15, 0.2) is 18.3 Å². The van der Waals surface area contributed by atoms with E-state index in [-0.39, 0.29) is 5.41 Å². The molecule has 4 heteroatoms. The average molecular weight is 211 g/mol. The molecule has 1 heterocycles. The monoisotopic (exact) mass is 211 g/mol. The molecule has 1 aromatic rings. The van der Waals surface area contributed by atoms with Crippen molar-refractivity contribution in [2.24, 2.45) is 0 Å². The van der Waals surface area contributed by atoms with Gasteiger partial charge in [0, 0.05) is 6.20 Å². The van der Waals surface area contributed by atoms with E-state index >= 15 is 0 Å². The lowest BCUT2D eigenvalue weighted by molar-refractivity contribution is -0.141. The number of alkyl halides is 3. The third kappa shape index (κ3) is 1.70. The Bertz CT molecular complexity index is 407. The van der Waals surface area contributed by atoms with Crippen LogP contribution in [0.25, 0.3) is 0 Å². The van der Waals surface area contributed by atoms with Crippen LogP contribution in [0.2, 0.25) is 0 Å². The van der Waals surface area contributed by atoms with Crippen LogP contribution < -0.4 is 0 Å². The van der Waals surface area contributed by atoms with Crippen molar-refractivity contribution in [3.8, 4) is 12.3 Å². The van der Waals surface area contributed by atoms with Gasteiger partial charge in [0.2, 0.25) is 0 Å². The van der Waals surface area contributed by atoms with Crippen LogP contribution in [-0.2, 0) is 11.6 Å². The number of aromatic nitrogens is 1. The third-order valence-corrected chi connectivity index (χ3v) is 2.63. The van der Waals surface area contributed by atoms with Crippen molar-refractivity contribution < 1.29 is 13.2 Å². The fourth-order valence-electron chi connectivity index (χ4n) is 1.49. The Balaban J connectivity index is 2.30. The van der Waals surface area contributed by atoms with Crippen LogP contribution in [0.4, 0.5) is 13.2 Å². The summed E-state index contributed by atoms with van der Waals surface area (Å²) in [7, 11) is 0. The topological polar surface area (TPSA) is 12.9 Å². The number of terminal acetylenes is 1. The molecule has 1 nitrogen and oxygen atoms in total. The zero-order chi connectivity index (χ0) is 11.1. The van der Waals surface area contributed by atoms with Crippen molar-refractivity contribution in [1.82, 2.24) is 4.98 Å². The van der Waals surface area contributed by atoms with Crippen LogP contribution in [0, 0.1) is 12.3 Å². The lowest BCUT2D eigenvalue weighted by Gasteiger charge is -2.09. The summed E-state index contributed by atoms with van der Waals surface area (Å²) < 4.78 is 36.6. The Morgan fingerprint density at radius 2 is 2.00 bits per heavy atom. The van der Waals surface area contributed by atoms with Gasteiger partial charge in [-0.15, -0.1) is 6.42 Å². The fourth-order valence-corrected chi connectivity index (χ4v) is 1.49. The first kappa shape index (κ1) is 10.0. The first-order valence-corrected chi connectivity index (χ1v) is 4.49. The van der Waals surface area contributed by atoms with Crippen LogP contribution in [0.1, 0.15) is 24.1 Å². The molecule has 15 heavy (non-hydrogen) atoms. The summed E-state index contributed by atoms with van der Waals surface area (Å²) >= 11 is 0. The molecule has 78 valence electrons. The van der Waals surface area contributed by atoms with Crippen LogP contribution >= 0.6 is 0 Å². The Morgan fingerprint density at radius 3 is 2.33 bits per heavy atom. The number of halogens is 3. The van der Waals surface area contributed by atoms with Gasteiger partial charge >= 0.3 is 6.18 Å². The van der Waals surface area contributed by atoms with Gasteiger partial charge in [-0.05, 0) is 24.5 Å². The van der Waals surface area contributed by atoms with Gasteiger partial charge in [0.05, 0.1) is 5.41 Å². The summed E-state index contributed by atoms with van der Waals surface area (Å²) in [6, 6.07) is 2.40. The molecular weight excluding hydrogens is 203 g/mol. The molecule has 1 fully saturated rings. The van der Waals surface area contributed by atoms with E-state index in [4.69, 9.17) is 6.42 Å². The van der Waals surface area contributed by atoms with Crippen molar-refractivity contribution in [3.05, 3.63) is 29.6 Å². The molecule has 0 radical (unpaired) electrons. The molecule has 1 saturated carbocycles. The molecule has 0 atom stereocenters. The zero-order valence-electron chi connectivity index (χ0n) is 7.80. The summed E-state index contributed by atoms with van der Waals surface area (Å²) in [6.07, 6.45) is 3.83. The Kier molecular flexibility index (Phi) is 2.00. The second kappa shape index (κ2) is 2.99. The SMILES string of the molecule is C#CC1(c2ccc(C(F)(F)F)nc2)CC1. The van der Waals surface area contributed by atoms with Gasteiger partial charge in [-0.1, -0.05) is 12.0 Å². The summed E-state index contributed by atoms with van der Waals surface area (Å²) in [5.41, 5.74) is -0.519. The van der Waals surface area contributed by atoms with Crippen molar-refractivity contribution in [3.63, 3.8) is 0 Å². The van der Waals surface area contributed by atoms with Crippen LogP contribution in [-0.4, -0.2) is 4.98 Å². The summed E-state index contributed by atoms with van der Waals surface area (Å²) in [4.78, 5) is 3.38. The largest absolute Gasteiger partial charge is 0.433 e. The highest BCUT2D eigenvalue weighted by atomic mass is 19.4. The minimum Gasteiger partial charge on any atom is -0.251 e. The molecule has 0 spiro atoms. The first-order chi connectivity index (χ1) is 6.98. The number of hydrogen-bond acceptors (Lipinski definition) is 1.